The van der Waals surface area contributed by atoms with Crippen molar-refractivity contribution in [3.63, 3.8) is 0 Å². The average molecular weight is 321 g/mol. The zero-order valence-corrected chi connectivity index (χ0v) is 12.0. The van der Waals surface area contributed by atoms with Gasteiger partial charge in [-0.1, -0.05) is 35.0 Å². The Morgan fingerprint density at radius 1 is 1.26 bits per heavy atom. The van der Waals surface area contributed by atoms with Crippen LogP contribution in [0.4, 0.5) is 17.1 Å². The molecule has 0 atom stereocenters. The van der Waals surface area contributed by atoms with E-state index in [1.165, 1.54) is 11.6 Å². The van der Waals surface area contributed by atoms with Crippen LogP contribution in [0.2, 0.25) is 0 Å². The Morgan fingerprint density at radius 3 is 2.74 bits per heavy atom. The van der Waals surface area contributed by atoms with Gasteiger partial charge in [0.25, 0.3) is 5.69 Å². The van der Waals surface area contributed by atoms with E-state index in [2.05, 4.69) is 28.2 Å². The largest absolute Gasteiger partial charge is 0.350 e. The highest BCUT2D eigenvalue weighted by molar-refractivity contribution is 9.10. The predicted octanol–water partition coefficient (Wildman–Crippen LogP) is 4.66. The van der Waals surface area contributed by atoms with Crippen molar-refractivity contribution in [2.45, 2.75) is 13.3 Å². The molecule has 1 N–H and O–H groups in total. The van der Waals surface area contributed by atoms with Crippen molar-refractivity contribution in [2.24, 2.45) is 0 Å². The third-order valence-corrected chi connectivity index (χ3v) is 3.26. The molecule has 19 heavy (non-hydrogen) atoms. The first kappa shape index (κ1) is 13.5. The highest BCUT2D eigenvalue weighted by Gasteiger charge is 2.14. The molecule has 0 saturated carbocycles. The molecule has 2 aromatic carbocycles. The van der Waals surface area contributed by atoms with Crippen molar-refractivity contribution in [1.82, 2.24) is 0 Å². The van der Waals surface area contributed by atoms with Crippen molar-refractivity contribution in [1.29, 1.82) is 0 Å². The van der Waals surface area contributed by atoms with Gasteiger partial charge in [-0.15, -0.1) is 0 Å². The van der Waals surface area contributed by atoms with E-state index >= 15 is 0 Å². The van der Waals surface area contributed by atoms with Crippen LogP contribution in [-0.4, -0.2) is 4.92 Å². The molecule has 0 amide bonds. The van der Waals surface area contributed by atoms with Gasteiger partial charge in [0.1, 0.15) is 5.69 Å². The molecule has 0 aliphatic rings. The van der Waals surface area contributed by atoms with Gasteiger partial charge in [-0.25, -0.2) is 0 Å². The first-order valence-electron chi connectivity index (χ1n) is 5.90. The molecule has 0 unspecified atom stereocenters. The first-order valence-corrected chi connectivity index (χ1v) is 6.69. The molecule has 2 rings (SSSR count). The van der Waals surface area contributed by atoms with Crippen LogP contribution in [0.1, 0.15) is 12.5 Å². The van der Waals surface area contributed by atoms with E-state index in [9.17, 15) is 10.1 Å². The van der Waals surface area contributed by atoms with Gasteiger partial charge in [-0.05, 0) is 36.2 Å². The van der Waals surface area contributed by atoms with Crippen molar-refractivity contribution in [2.75, 3.05) is 5.32 Å². The highest BCUT2D eigenvalue weighted by atomic mass is 79.9. The second-order valence-corrected chi connectivity index (χ2v) is 5.01. The summed E-state index contributed by atoms with van der Waals surface area (Å²) in [5, 5.41) is 14.1. The number of halogens is 1. The Labute approximate surface area is 119 Å². The highest BCUT2D eigenvalue weighted by Crippen LogP contribution is 2.30. The number of hydrogen-bond donors (Lipinski definition) is 1. The van der Waals surface area contributed by atoms with Gasteiger partial charge in [0.15, 0.2) is 0 Å². The second-order valence-electron chi connectivity index (χ2n) is 4.10. The Morgan fingerprint density at radius 2 is 2.05 bits per heavy atom. The van der Waals surface area contributed by atoms with Crippen LogP contribution in [0.5, 0.6) is 0 Å². The topological polar surface area (TPSA) is 55.2 Å². The van der Waals surface area contributed by atoms with E-state index in [4.69, 9.17) is 0 Å². The van der Waals surface area contributed by atoms with E-state index in [-0.39, 0.29) is 5.69 Å². The van der Waals surface area contributed by atoms with Crippen LogP contribution in [0.15, 0.2) is 46.9 Å². The molecule has 0 aromatic heterocycles. The summed E-state index contributed by atoms with van der Waals surface area (Å²) in [7, 11) is 0. The van der Waals surface area contributed by atoms with E-state index in [1.807, 2.05) is 24.3 Å². The molecule has 0 spiro atoms. The third-order valence-electron chi connectivity index (χ3n) is 2.77. The summed E-state index contributed by atoms with van der Waals surface area (Å²) in [6.07, 6.45) is 0.929. The summed E-state index contributed by atoms with van der Waals surface area (Å²) in [4.78, 5) is 10.6. The Hall–Kier alpha value is -1.88. The van der Waals surface area contributed by atoms with Gasteiger partial charge < -0.3 is 5.32 Å². The molecule has 0 bridgehead atoms. The Kier molecular flexibility index (Phi) is 4.16. The normalized spacial score (nSPS) is 10.2. The van der Waals surface area contributed by atoms with Crippen LogP contribution in [0.3, 0.4) is 0 Å². The molecule has 2 aromatic rings. The summed E-state index contributed by atoms with van der Waals surface area (Å²) in [5.41, 5.74) is 2.58. The second kappa shape index (κ2) is 5.84. The fraction of sp³-hybridized carbons (Fsp3) is 0.143. The molecule has 0 heterocycles. The number of nitro benzene ring substituents is 1. The minimum atomic E-state index is -0.392. The van der Waals surface area contributed by atoms with E-state index in [1.54, 1.807) is 12.1 Å². The molecule has 0 saturated heterocycles. The number of benzene rings is 2. The number of nitrogens with zero attached hydrogens (tertiary/aromatic N) is 1. The maximum Gasteiger partial charge on any atom is 0.293 e. The monoisotopic (exact) mass is 320 g/mol. The molecule has 0 aliphatic heterocycles. The zero-order valence-electron chi connectivity index (χ0n) is 10.4. The lowest BCUT2D eigenvalue weighted by Gasteiger charge is -2.08. The molecule has 0 fully saturated rings. The van der Waals surface area contributed by atoms with E-state index in [0.29, 0.717) is 10.2 Å². The summed E-state index contributed by atoms with van der Waals surface area (Å²) in [6, 6.07) is 12.8. The predicted molar refractivity (Wildman–Crippen MR) is 79.9 cm³/mol. The molecule has 5 heteroatoms. The summed E-state index contributed by atoms with van der Waals surface area (Å²) in [5.74, 6) is 0. The Bertz CT molecular complexity index is 614. The van der Waals surface area contributed by atoms with Crippen molar-refractivity contribution < 1.29 is 4.92 Å². The van der Waals surface area contributed by atoms with Gasteiger partial charge in [0, 0.05) is 16.2 Å². The SMILES string of the molecule is CCc1cccc(Nc2ccc(Br)cc2[N+](=O)[O-])c1. The zero-order chi connectivity index (χ0) is 13.8. The molecule has 0 aliphatic carbocycles. The van der Waals surface area contributed by atoms with Crippen molar-refractivity contribution >= 4 is 33.0 Å². The van der Waals surface area contributed by atoms with Crippen LogP contribution >= 0.6 is 15.9 Å². The lowest BCUT2D eigenvalue weighted by molar-refractivity contribution is -0.384. The van der Waals surface area contributed by atoms with Crippen molar-refractivity contribution in [3.8, 4) is 0 Å². The maximum atomic E-state index is 11.0. The lowest BCUT2D eigenvalue weighted by Crippen LogP contribution is -1.97. The number of hydrogen-bond acceptors (Lipinski definition) is 3. The van der Waals surface area contributed by atoms with E-state index in [0.717, 1.165) is 12.1 Å². The number of rotatable bonds is 4. The Balaban J connectivity index is 2.34. The summed E-state index contributed by atoms with van der Waals surface area (Å²) < 4.78 is 0.687. The average Bonchev–Trinajstić information content (AvgIpc) is 2.41. The summed E-state index contributed by atoms with van der Waals surface area (Å²) in [6.45, 7) is 2.07. The van der Waals surface area contributed by atoms with Gasteiger partial charge in [0.05, 0.1) is 4.92 Å². The van der Waals surface area contributed by atoms with Gasteiger partial charge >= 0.3 is 0 Å². The quantitative estimate of drug-likeness (QED) is 0.658. The van der Waals surface area contributed by atoms with Crippen LogP contribution < -0.4 is 5.32 Å². The van der Waals surface area contributed by atoms with Gasteiger partial charge in [-0.2, -0.15) is 0 Å². The minimum absolute atomic E-state index is 0.0521. The fourth-order valence-corrected chi connectivity index (χ4v) is 2.14. The molecular weight excluding hydrogens is 308 g/mol. The number of aryl methyl sites for hydroxylation is 1. The maximum absolute atomic E-state index is 11.0. The summed E-state index contributed by atoms with van der Waals surface area (Å²) >= 11 is 3.24. The first-order chi connectivity index (χ1) is 9.10. The third kappa shape index (κ3) is 3.32. The molecule has 0 radical (unpaired) electrons. The van der Waals surface area contributed by atoms with Gasteiger partial charge in [0.2, 0.25) is 0 Å². The smallest absolute Gasteiger partial charge is 0.293 e. The lowest BCUT2D eigenvalue weighted by atomic mass is 10.1. The fourth-order valence-electron chi connectivity index (χ4n) is 1.79. The molecule has 4 nitrogen and oxygen atoms in total. The number of nitro groups is 1. The number of anilines is 2. The molecule has 98 valence electrons. The van der Waals surface area contributed by atoms with Crippen LogP contribution in [0, 0.1) is 10.1 Å². The number of nitrogens with one attached hydrogen (secondary N) is 1. The van der Waals surface area contributed by atoms with Gasteiger partial charge in [-0.3, -0.25) is 10.1 Å². The van der Waals surface area contributed by atoms with E-state index < -0.39 is 4.92 Å². The minimum Gasteiger partial charge on any atom is -0.350 e. The van der Waals surface area contributed by atoms with Crippen molar-refractivity contribution in [3.05, 3.63) is 62.6 Å². The van der Waals surface area contributed by atoms with Crippen LogP contribution in [0.25, 0.3) is 0 Å². The molecular formula is C14H13BrN2O2. The standard InChI is InChI=1S/C14H13BrN2O2/c1-2-10-4-3-5-12(8-10)16-13-7-6-11(15)9-14(13)17(18)19/h3-9,16H,2H2,1H3. The van der Waals surface area contributed by atoms with Crippen LogP contribution in [-0.2, 0) is 6.42 Å².